The quantitative estimate of drug-likeness (QED) is 0.535. The van der Waals surface area contributed by atoms with Gasteiger partial charge in [0.1, 0.15) is 0 Å². The zero-order valence-corrected chi connectivity index (χ0v) is 8.84. The first-order valence-electron chi connectivity index (χ1n) is 4.40. The standard InChI is InChI=1S/C10H13ClO3/c1-13-9-4-2-8(3-5-9)6-10(12)14-7-11/h2,4H,3,5-7H2,1H3. The fourth-order valence-electron chi connectivity index (χ4n) is 1.28. The summed E-state index contributed by atoms with van der Waals surface area (Å²) in [5.74, 6) is 0.667. The number of hydrogen-bond donors (Lipinski definition) is 0. The molecule has 0 aromatic heterocycles. The van der Waals surface area contributed by atoms with Crippen LogP contribution < -0.4 is 0 Å². The Morgan fingerprint density at radius 1 is 1.50 bits per heavy atom. The Morgan fingerprint density at radius 2 is 2.29 bits per heavy atom. The molecule has 0 heterocycles. The van der Waals surface area contributed by atoms with E-state index >= 15 is 0 Å². The SMILES string of the molecule is COC1=CC=C(CC(=O)OCCl)CC1. The molecule has 0 saturated heterocycles. The van der Waals surface area contributed by atoms with Crippen molar-refractivity contribution in [2.24, 2.45) is 0 Å². The Morgan fingerprint density at radius 3 is 2.79 bits per heavy atom. The second-order valence-corrected chi connectivity index (χ2v) is 3.18. The van der Waals surface area contributed by atoms with Crippen molar-refractivity contribution in [2.75, 3.05) is 13.2 Å². The number of esters is 1. The fraction of sp³-hybridized carbons (Fsp3) is 0.500. The van der Waals surface area contributed by atoms with E-state index in [1.807, 2.05) is 12.2 Å². The minimum absolute atomic E-state index is 0.0781. The van der Waals surface area contributed by atoms with Gasteiger partial charge in [0.2, 0.25) is 0 Å². The zero-order chi connectivity index (χ0) is 10.4. The Hall–Kier alpha value is -0.960. The highest BCUT2D eigenvalue weighted by molar-refractivity contribution is 6.17. The number of ether oxygens (including phenoxy) is 2. The summed E-state index contributed by atoms with van der Waals surface area (Å²) in [6.45, 7) is 0. The van der Waals surface area contributed by atoms with Crippen LogP contribution in [0.4, 0.5) is 0 Å². The molecule has 0 bridgehead atoms. The van der Waals surface area contributed by atoms with Gasteiger partial charge in [0.15, 0.2) is 6.07 Å². The molecule has 1 rings (SSSR count). The third-order valence-corrected chi connectivity index (χ3v) is 2.16. The smallest absolute Gasteiger partial charge is 0.311 e. The van der Waals surface area contributed by atoms with E-state index in [9.17, 15) is 4.79 Å². The molecular formula is C10H13ClO3. The van der Waals surface area contributed by atoms with Gasteiger partial charge in [0.25, 0.3) is 0 Å². The number of methoxy groups -OCH3 is 1. The summed E-state index contributed by atoms with van der Waals surface area (Å²) in [4.78, 5) is 11.1. The van der Waals surface area contributed by atoms with Gasteiger partial charge in [-0.25, -0.2) is 0 Å². The van der Waals surface area contributed by atoms with Crippen LogP contribution in [0.5, 0.6) is 0 Å². The van der Waals surface area contributed by atoms with Crippen LogP contribution in [0.25, 0.3) is 0 Å². The van der Waals surface area contributed by atoms with Crippen LogP contribution in [0.1, 0.15) is 19.3 Å². The molecule has 0 fully saturated rings. The Labute approximate surface area is 88.3 Å². The molecule has 0 amide bonds. The topological polar surface area (TPSA) is 35.5 Å². The summed E-state index contributed by atoms with van der Waals surface area (Å²) in [6.07, 6.45) is 5.79. The van der Waals surface area contributed by atoms with Crippen LogP contribution in [0.15, 0.2) is 23.5 Å². The first kappa shape index (κ1) is 11.1. The number of hydrogen-bond acceptors (Lipinski definition) is 3. The van der Waals surface area contributed by atoms with Crippen molar-refractivity contribution in [2.45, 2.75) is 19.3 Å². The Balaban J connectivity index is 2.43. The number of alkyl halides is 1. The van der Waals surface area contributed by atoms with Crippen molar-refractivity contribution in [1.82, 2.24) is 0 Å². The van der Waals surface area contributed by atoms with Crippen molar-refractivity contribution in [3.63, 3.8) is 0 Å². The lowest BCUT2D eigenvalue weighted by Gasteiger charge is -2.12. The lowest BCUT2D eigenvalue weighted by molar-refractivity contribution is -0.140. The molecule has 14 heavy (non-hydrogen) atoms. The molecule has 3 nitrogen and oxygen atoms in total. The summed E-state index contributed by atoms with van der Waals surface area (Å²) in [5.41, 5.74) is 1.06. The molecule has 0 spiro atoms. The highest BCUT2D eigenvalue weighted by atomic mass is 35.5. The van der Waals surface area contributed by atoms with Crippen LogP contribution in [0.3, 0.4) is 0 Å². The molecular weight excluding hydrogens is 204 g/mol. The molecule has 0 atom stereocenters. The normalized spacial score (nSPS) is 15.6. The van der Waals surface area contributed by atoms with E-state index < -0.39 is 0 Å². The van der Waals surface area contributed by atoms with Gasteiger partial charge in [0.05, 0.1) is 19.3 Å². The summed E-state index contributed by atoms with van der Waals surface area (Å²) in [5, 5.41) is 0. The maximum atomic E-state index is 11.1. The molecule has 0 radical (unpaired) electrons. The molecule has 0 N–H and O–H groups in total. The fourth-order valence-corrected chi connectivity index (χ4v) is 1.40. The van der Waals surface area contributed by atoms with Gasteiger partial charge in [-0.1, -0.05) is 23.3 Å². The van der Waals surface area contributed by atoms with Crippen LogP contribution in [0.2, 0.25) is 0 Å². The highest BCUT2D eigenvalue weighted by Crippen LogP contribution is 2.21. The van der Waals surface area contributed by atoms with E-state index in [1.165, 1.54) is 0 Å². The van der Waals surface area contributed by atoms with Crippen molar-refractivity contribution < 1.29 is 14.3 Å². The maximum absolute atomic E-state index is 11.1. The number of halogens is 1. The van der Waals surface area contributed by atoms with Gasteiger partial charge < -0.3 is 9.47 Å². The molecule has 0 unspecified atom stereocenters. The number of allylic oxidation sites excluding steroid dienone is 3. The number of carbonyl (C=O) groups excluding carboxylic acids is 1. The molecule has 0 saturated carbocycles. The van der Waals surface area contributed by atoms with Crippen LogP contribution in [-0.2, 0) is 14.3 Å². The lowest BCUT2D eigenvalue weighted by atomic mass is 10.0. The molecule has 0 aromatic carbocycles. The zero-order valence-electron chi connectivity index (χ0n) is 8.09. The van der Waals surface area contributed by atoms with E-state index in [0.717, 1.165) is 24.2 Å². The molecule has 4 heteroatoms. The minimum atomic E-state index is -0.277. The second-order valence-electron chi connectivity index (χ2n) is 2.96. The first-order valence-corrected chi connectivity index (χ1v) is 4.94. The molecule has 0 aliphatic heterocycles. The monoisotopic (exact) mass is 216 g/mol. The maximum Gasteiger partial charge on any atom is 0.311 e. The minimum Gasteiger partial charge on any atom is -0.501 e. The largest absolute Gasteiger partial charge is 0.501 e. The average Bonchev–Trinajstić information content (AvgIpc) is 2.19. The summed E-state index contributed by atoms with van der Waals surface area (Å²) in [6, 6.07) is -0.0781. The lowest BCUT2D eigenvalue weighted by Crippen LogP contribution is -2.06. The first-order chi connectivity index (χ1) is 6.76. The summed E-state index contributed by atoms with van der Waals surface area (Å²) < 4.78 is 9.70. The van der Waals surface area contributed by atoms with Crippen molar-refractivity contribution >= 4 is 17.6 Å². The van der Waals surface area contributed by atoms with E-state index in [-0.39, 0.29) is 12.0 Å². The van der Waals surface area contributed by atoms with Gasteiger partial charge in [0, 0.05) is 6.42 Å². The van der Waals surface area contributed by atoms with E-state index in [4.69, 9.17) is 16.3 Å². The Kier molecular flexibility index (Phi) is 4.53. The van der Waals surface area contributed by atoms with Crippen LogP contribution in [-0.4, -0.2) is 19.1 Å². The second kappa shape index (κ2) is 5.70. The highest BCUT2D eigenvalue weighted by Gasteiger charge is 2.10. The third kappa shape index (κ3) is 3.42. The van der Waals surface area contributed by atoms with Crippen LogP contribution in [0, 0.1) is 0 Å². The Bertz CT molecular complexity index is 269. The summed E-state index contributed by atoms with van der Waals surface area (Å²) >= 11 is 5.27. The molecule has 1 aliphatic carbocycles. The predicted octanol–water partition coefficient (Wildman–Crippen LogP) is 2.37. The van der Waals surface area contributed by atoms with E-state index in [0.29, 0.717) is 6.42 Å². The van der Waals surface area contributed by atoms with Gasteiger partial charge in [-0.2, -0.15) is 0 Å². The van der Waals surface area contributed by atoms with Crippen LogP contribution >= 0.6 is 11.6 Å². The van der Waals surface area contributed by atoms with Crippen molar-refractivity contribution in [1.29, 1.82) is 0 Å². The number of carbonyl (C=O) groups is 1. The third-order valence-electron chi connectivity index (χ3n) is 2.05. The van der Waals surface area contributed by atoms with Gasteiger partial charge in [-0.05, 0) is 12.5 Å². The van der Waals surface area contributed by atoms with E-state index in [1.54, 1.807) is 7.11 Å². The van der Waals surface area contributed by atoms with Gasteiger partial charge in [-0.15, -0.1) is 0 Å². The predicted molar refractivity (Wildman–Crippen MR) is 53.8 cm³/mol. The average molecular weight is 217 g/mol. The molecule has 1 aliphatic rings. The number of rotatable bonds is 4. The van der Waals surface area contributed by atoms with E-state index in [2.05, 4.69) is 4.74 Å². The van der Waals surface area contributed by atoms with Gasteiger partial charge in [-0.3, -0.25) is 4.79 Å². The van der Waals surface area contributed by atoms with Gasteiger partial charge >= 0.3 is 5.97 Å². The summed E-state index contributed by atoms with van der Waals surface area (Å²) in [7, 11) is 1.65. The molecule has 78 valence electrons. The van der Waals surface area contributed by atoms with Crippen molar-refractivity contribution in [3.8, 4) is 0 Å². The molecule has 0 aromatic rings. The van der Waals surface area contributed by atoms with Crippen molar-refractivity contribution in [3.05, 3.63) is 23.5 Å².